The van der Waals surface area contributed by atoms with Crippen LogP contribution in [0, 0.1) is 5.41 Å². The molecule has 0 bridgehead atoms. The van der Waals surface area contributed by atoms with Crippen LogP contribution in [-0.4, -0.2) is 62.1 Å². The smallest absolute Gasteiger partial charge is 0.333 e. The van der Waals surface area contributed by atoms with Crippen LogP contribution in [0.4, 0.5) is 0 Å². The van der Waals surface area contributed by atoms with Gasteiger partial charge in [0.1, 0.15) is 11.4 Å². The van der Waals surface area contributed by atoms with E-state index in [0.717, 1.165) is 70.6 Å². The van der Waals surface area contributed by atoms with Crippen molar-refractivity contribution in [3.63, 3.8) is 0 Å². The third-order valence-corrected chi connectivity index (χ3v) is 8.69. The number of H-pyrrole nitrogens is 1. The SMILES string of the molecule is CC1(C)Cc2cccc(CN3CCC4(CC3)CCN(C(=O)c3ccccc3-n3cc(O)[nH]c3=O)CC4)c2O1. The number of benzene rings is 2. The molecule has 38 heavy (non-hydrogen) atoms. The van der Waals surface area contributed by atoms with Crippen LogP contribution in [0.5, 0.6) is 11.6 Å². The van der Waals surface area contributed by atoms with Gasteiger partial charge in [-0.15, -0.1) is 0 Å². The molecule has 0 atom stereocenters. The Kier molecular flexibility index (Phi) is 6.10. The van der Waals surface area contributed by atoms with E-state index in [4.69, 9.17) is 4.74 Å². The average molecular weight is 517 g/mol. The molecule has 8 heteroatoms. The number of imidazole rings is 1. The summed E-state index contributed by atoms with van der Waals surface area (Å²) in [5.41, 5.74) is 3.24. The van der Waals surface area contributed by atoms with Crippen LogP contribution >= 0.6 is 0 Å². The predicted molar refractivity (Wildman–Crippen MR) is 145 cm³/mol. The molecule has 2 saturated heterocycles. The molecule has 0 saturated carbocycles. The van der Waals surface area contributed by atoms with Crippen molar-refractivity contribution in [2.45, 2.75) is 58.1 Å². The fourth-order valence-electron chi connectivity index (χ4n) is 6.51. The normalized spacial score (nSPS) is 20.3. The molecule has 0 aliphatic carbocycles. The van der Waals surface area contributed by atoms with Crippen molar-refractivity contribution in [3.8, 4) is 17.3 Å². The van der Waals surface area contributed by atoms with Crippen LogP contribution in [-0.2, 0) is 13.0 Å². The first-order chi connectivity index (χ1) is 18.2. The minimum Gasteiger partial charge on any atom is -0.493 e. The van der Waals surface area contributed by atoms with E-state index in [0.29, 0.717) is 11.3 Å². The van der Waals surface area contributed by atoms with Crippen molar-refractivity contribution in [1.29, 1.82) is 0 Å². The predicted octanol–water partition coefficient (Wildman–Crippen LogP) is 4.10. The summed E-state index contributed by atoms with van der Waals surface area (Å²) in [5.74, 6) is 0.792. The molecule has 8 nitrogen and oxygen atoms in total. The molecule has 1 aromatic heterocycles. The molecule has 200 valence electrons. The van der Waals surface area contributed by atoms with Crippen molar-refractivity contribution in [2.24, 2.45) is 5.41 Å². The van der Waals surface area contributed by atoms with Gasteiger partial charge in [0.05, 0.1) is 17.4 Å². The van der Waals surface area contributed by atoms with Crippen molar-refractivity contribution >= 4 is 5.91 Å². The van der Waals surface area contributed by atoms with Crippen LogP contribution in [0.3, 0.4) is 0 Å². The first kappa shape index (κ1) is 24.8. The van der Waals surface area contributed by atoms with E-state index in [1.807, 2.05) is 11.0 Å². The van der Waals surface area contributed by atoms with Crippen molar-refractivity contribution in [1.82, 2.24) is 19.4 Å². The van der Waals surface area contributed by atoms with Gasteiger partial charge in [0, 0.05) is 31.6 Å². The number of aromatic amines is 1. The second-order valence-corrected chi connectivity index (χ2v) is 11.8. The Morgan fingerprint density at radius 3 is 2.42 bits per heavy atom. The molecular formula is C30H36N4O4. The number of para-hydroxylation sites is 2. The average Bonchev–Trinajstić information content (AvgIpc) is 3.42. The number of hydrogen-bond acceptors (Lipinski definition) is 5. The van der Waals surface area contributed by atoms with Gasteiger partial charge in [0.2, 0.25) is 5.88 Å². The first-order valence-corrected chi connectivity index (χ1v) is 13.6. The van der Waals surface area contributed by atoms with E-state index in [1.54, 1.807) is 18.2 Å². The number of amides is 1. The summed E-state index contributed by atoms with van der Waals surface area (Å²) in [6, 6.07) is 13.6. The number of fused-ring (bicyclic) bond motifs is 1. The van der Waals surface area contributed by atoms with Crippen LogP contribution in [0.15, 0.2) is 53.5 Å². The fraction of sp³-hybridized carbons (Fsp3) is 0.467. The van der Waals surface area contributed by atoms with Gasteiger partial charge in [0.15, 0.2) is 0 Å². The maximum Gasteiger partial charge on any atom is 0.333 e. The Hall–Kier alpha value is -3.52. The minimum absolute atomic E-state index is 0.0682. The molecule has 3 aliphatic rings. The Balaban J connectivity index is 1.08. The lowest BCUT2D eigenvalue weighted by Gasteiger charge is -2.47. The molecule has 6 rings (SSSR count). The lowest BCUT2D eigenvalue weighted by Crippen LogP contribution is -2.48. The largest absolute Gasteiger partial charge is 0.493 e. The minimum atomic E-state index is -0.470. The van der Waals surface area contributed by atoms with Crippen molar-refractivity contribution in [2.75, 3.05) is 26.2 Å². The zero-order valence-corrected chi connectivity index (χ0v) is 22.2. The number of rotatable bonds is 4. The molecule has 3 aromatic rings. The lowest BCUT2D eigenvalue weighted by atomic mass is 9.71. The van der Waals surface area contributed by atoms with Crippen molar-refractivity contribution in [3.05, 3.63) is 75.8 Å². The van der Waals surface area contributed by atoms with Crippen LogP contribution < -0.4 is 10.4 Å². The van der Waals surface area contributed by atoms with Gasteiger partial charge in [-0.05, 0) is 75.7 Å². The molecule has 2 N–H and O–H groups in total. The van der Waals surface area contributed by atoms with Gasteiger partial charge < -0.3 is 14.7 Å². The summed E-state index contributed by atoms with van der Waals surface area (Å²) in [6.45, 7) is 8.79. The van der Waals surface area contributed by atoms with Crippen LogP contribution in [0.1, 0.15) is 61.0 Å². The Bertz CT molecular complexity index is 1400. The fourth-order valence-corrected chi connectivity index (χ4v) is 6.51. The summed E-state index contributed by atoms with van der Waals surface area (Å²) in [4.78, 5) is 32.5. The van der Waals surface area contributed by atoms with E-state index >= 15 is 0 Å². The number of carbonyl (C=O) groups is 1. The third-order valence-electron chi connectivity index (χ3n) is 8.69. The quantitative estimate of drug-likeness (QED) is 0.545. The summed E-state index contributed by atoms with van der Waals surface area (Å²) in [6.07, 6.45) is 6.55. The monoisotopic (exact) mass is 516 g/mol. The highest BCUT2D eigenvalue weighted by atomic mass is 16.5. The van der Waals surface area contributed by atoms with Crippen molar-refractivity contribution < 1.29 is 14.6 Å². The van der Waals surface area contributed by atoms with Gasteiger partial charge in [-0.3, -0.25) is 19.2 Å². The molecule has 0 unspecified atom stereocenters. The lowest BCUT2D eigenvalue weighted by molar-refractivity contribution is 0.0282. The Labute approximate surface area is 222 Å². The van der Waals surface area contributed by atoms with Crippen LogP contribution in [0.25, 0.3) is 5.69 Å². The number of piperidine rings is 2. The van der Waals surface area contributed by atoms with E-state index in [9.17, 15) is 14.7 Å². The maximum absolute atomic E-state index is 13.5. The Morgan fingerprint density at radius 2 is 1.71 bits per heavy atom. The molecule has 2 fully saturated rings. The molecule has 2 aromatic carbocycles. The second kappa shape index (κ2) is 9.34. The number of hydrogen-bond donors (Lipinski definition) is 2. The number of carbonyl (C=O) groups excluding carboxylic acids is 1. The third kappa shape index (κ3) is 4.62. The number of aromatic nitrogens is 2. The molecule has 0 radical (unpaired) electrons. The number of nitrogens with one attached hydrogen (secondary N) is 1. The Morgan fingerprint density at radius 1 is 1.00 bits per heavy atom. The first-order valence-electron chi connectivity index (χ1n) is 13.6. The topological polar surface area (TPSA) is 90.8 Å². The van der Waals surface area contributed by atoms with E-state index in [1.165, 1.54) is 21.9 Å². The molecule has 1 amide bonds. The number of aromatic hydroxyl groups is 1. The van der Waals surface area contributed by atoms with E-state index in [-0.39, 0.29) is 22.8 Å². The van der Waals surface area contributed by atoms with E-state index < -0.39 is 5.69 Å². The molecule has 1 spiro atoms. The summed E-state index contributed by atoms with van der Waals surface area (Å²) in [7, 11) is 0. The highest BCUT2D eigenvalue weighted by molar-refractivity contribution is 5.97. The number of likely N-dealkylation sites (tertiary alicyclic amines) is 2. The number of ether oxygens (including phenoxy) is 1. The van der Waals surface area contributed by atoms with Gasteiger partial charge in [-0.1, -0.05) is 30.3 Å². The highest BCUT2D eigenvalue weighted by Crippen LogP contribution is 2.43. The number of nitrogens with zero attached hydrogens (tertiary/aromatic N) is 3. The molecular weight excluding hydrogens is 480 g/mol. The summed E-state index contributed by atoms with van der Waals surface area (Å²) in [5, 5.41) is 9.70. The zero-order chi connectivity index (χ0) is 26.5. The molecule has 4 heterocycles. The van der Waals surface area contributed by atoms with Gasteiger partial charge in [-0.2, -0.15) is 0 Å². The van der Waals surface area contributed by atoms with Gasteiger partial charge in [-0.25, -0.2) is 4.79 Å². The van der Waals surface area contributed by atoms with Gasteiger partial charge >= 0.3 is 5.69 Å². The van der Waals surface area contributed by atoms with Gasteiger partial charge in [0.25, 0.3) is 5.91 Å². The van der Waals surface area contributed by atoms with Crippen LogP contribution in [0.2, 0.25) is 0 Å². The van der Waals surface area contributed by atoms with E-state index in [2.05, 4.69) is 41.9 Å². The molecule has 3 aliphatic heterocycles. The second-order valence-electron chi connectivity index (χ2n) is 11.8. The standard InChI is InChI=1S/C30H36N4O4/c1-29(2)18-21-6-5-7-22(26(21)38-29)19-32-14-10-30(11-15-32)12-16-33(17-13-30)27(36)23-8-3-4-9-24(23)34-20-25(35)31-28(34)37/h3-9,20,35H,10-19H2,1-2H3,(H,31,37). The zero-order valence-electron chi connectivity index (χ0n) is 22.2. The summed E-state index contributed by atoms with van der Waals surface area (Å²) >= 11 is 0. The maximum atomic E-state index is 13.5. The highest BCUT2D eigenvalue weighted by Gasteiger charge is 2.39. The summed E-state index contributed by atoms with van der Waals surface area (Å²) < 4.78 is 7.58.